The second-order valence-corrected chi connectivity index (χ2v) is 6.18. The maximum atomic E-state index is 12.6. The Morgan fingerprint density at radius 1 is 1.19 bits per heavy atom. The van der Waals surface area contributed by atoms with Gasteiger partial charge in [-0.25, -0.2) is 0 Å². The second-order valence-electron chi connectivity index (χ2n) is 6.18. The first-order valence-electron chi connectivity index (χ1n) is 8.26. The molecular formula is C18H28N2O. The van der Waals surface area contributed by atoms with Gasteiger partial charge in [0.1, 0.15) is 0 Å². The van der Waals surface area contributed by atoms with Gasteiger partial charge in [-0.2, -0.15) is 0 Å². The minimum Gasteiger partial charge on any atom is -0.355 e. The van der Waals surface area contributed by atoms with E-state index >= 15 is 0 Å². The molecule has 0 aromatic heterocycles. The van der Waals surface area contributed by atoms with E-state index < -0.39 is 0 Å². The molecule has 1 aromatic carbocycles. The molecule has 0 bridgehead atoms. The topological polar surface area (TPSA) is 41.1 Å². The van der Waals surface area contributed by atoms with Crippen LogP contribution in [0.5, 0.6) is 0 Å². The summed E-state index contributed by atoms with van der Waals surface area (Å²) in [6.45, 7) is 5.76. The van der Waals surface area contributed by atoms with E-state index in [1.807, 2.05) is 0 Å². The molecule has 1 fully saturated rings. The van der Waals surface area contributed by atoms with Crippen molar-refractivity contribution in [3.63, 3.8) is 0 Å². The van der Waals surface area contributed by atoms with E-state index in [0.29, 0.717) is 0 Å². The average Bonchev–Trinajstić information content (AvgIpc) is 2.52. The van der Waals surface area contributed by atoms with Gasteiger partial charge in [-0.15, -0.1) is 0 Å². The summed E-state index contributed by atoms with van der Waals surface area (Å²) in [7, 11) is 0. The standard InChI is InChI=1S/C18H28N2O/c1-3-13-19-17(21)18(11-7-4-8-12-18)20-14-16-10-6-5-9-15(16)2/h5-6,9-10,20H,3-4,7-8,11-14H2,1-2H3,(H,19,21). The minimum atomic E-state index is -0.365. The molecule has 0 atom stereocenters. The Kier molecular flexibility index (Phi) is 5.80. The Bertz CT molecular complexity index is 464. The molecule has 3 heteroatoms. The number of carbonyl (C=O) groups excluding carboxylic acids is 1. The number of hydrogen-bond acceptors (Lipinski definition) is 2. The van der Waals surface area contributed by atoms with Crippen LogP contribution in [-0.4, -0.2) is 18.0 Å². The third-order valence-corrected chi connectivity index (χ3v) is 4.56. The summed E-state index contributed by atoms with van der Waals surface area (Å²) in [5.74, 6) is 0.192. The van der Waals surface area contributed by atoms with Crippen LogP contribution in [0.4, 0.5) is 0 Å². The molecule has 1 aliphatic carbocycles. The van der Waals surface area contributed by atoms with Crippen LogP contribution < -0.4 is 10.6 Å². The smallest absolute Gasteiger partial charge is 0.240 e. The molecule has 0 saturated heterocycles. The number of aryl methyl sites for hydroxylation is 1. The quantitative estimate of drug-likeness (QED) is 0.843. The summed E-state index contributed by atoms with van der Waals surface area (Å²) in [6.07, 6.45) is 6.41. The molecule has 116 valence electrons. The van der Waals surface area contributed by atoms with Crippen molar-refractivity contribution < 1.29 is 4.79 Å². The lowest BCUT2D eigenvalue weighted by Gasteiger charge is -2.37. The Labute approximate surface area is 128 Å². The number of amides is 1. The van der Waals surface area contributed by atoms with E-state index in [2.05, 4.69) is 48.7 Å². The average molecular weight is 288 g/mol. The number of rotatable bonds is 6. The zero-order chi connectivity index (χ0) is 15.1. The number of nitrogens with one attached hydrogen (secondary N) is 2. The largest absolute Gasteiger partial charge is 0.355 e. The first-order valence-corrected chi connectivity index (χ1v) is 8.26. The Hall–Kier alpha value is -1.35. The number of hydrogen-bond donors (Lipinski definition) is 2. The number of carbonyl (C=O) groups is 1. The van der Waals surface area contributed by atoms with Crippen molar-refractivity contribution in [2.45, 2.75) is 64.5 Å². The Morgan fingerprint density at radius 3 is 2.57 bits per heavy atom. The van der Waals surface area contributed by atoms with Crippen LogP contribution in [0.2, 0.25) is 0 Å². The van der Waals surface area contributed by atoms with Gasteiger partial charge >= 0.3 is 0 Å². The van der Waals surface area contributed by atoms with Gasteiger partial charge < -0.3 is 5.32 Å². The molecule has 0 heterocycles. The maximum absolute atomic E-state index is 12.6. The van der Waals surface area contributed by atoms with Gasteiger partial charge in [-0.1, -0.05) is 50.5 Å². The van der Waals surface area contributed by atoms with Crippen LogP contribution in [0.25, 0.3) is 0 Å². The molecular weight excluding hydrogens is 260 g/mol. The first-order chi connectivity index (χ1) is 10.2. The summed E-state index contributed by atoms with van der Waals surface area (Å²) < 4.78 is 0. The summed E-state index contributed by atoms with van der Waals surface area (Å²) in [6, 6.07) is 8.39. The molecule has 0 spiro atoms. The van der Waals surface area contributed by atoms with Crippen molar-refractivity contribution >= 4 is 5.91 Å². The Balaban J connectivity index is 2.05. The number of benzene rings is 1. The van der Waals surface area contributed by atoms with E-state index in [9.17, 15) is 4.79 Å². The van der Waals surface area contributed by atoms with Gasteiger partial charge in [-0.3, -0.25) is 10.1 Å². The highest BCUT2D eigenvalue weighted by molar-refractivity contribution is 5.86. The predicted molar refractivity (Wildman–Crippen MR) is 87.1 cm³/mol. The van der Waals surface area contributed by atoms with E-state index in [1.165, 1.54) is 17.5 Å². The summed E-state index contributed by atoms with van der Waals surface area (Å²) in [5, 5.41) is 6.68. The van der Waals surface area contributed by atoms with Gasteiger partial charge in [0.2, 0.25) is 5.91 Å². The van der Waals surface area contributed by atoms with Crippen LogP contribution >= 0.6 is 0 Å². The molecule has 0 unspecified atom stereocenters. The lowest BCUT2D eigenvalue weighted by atomic mass is 9.80. The first kappa shape index (κ1) is 16.0. The van der Waals surface area contributed by atoms with E-state index in [1.54, 1.807) is 0 Å². The molecule has 21 heavy (non-hydrogen) atoms. The van der Waals surface area contributed by atoms with Crippen LogP contribution in [0.3, 0.4) is 0 Å². The molecule has 1 amide bonds. The molecule has 1 aliphatic rings. The maximum Gasteiger partial charge on any atom is 0.240 e. The summed E-state index contributed by atoms with van der Waals surface area (Å²) >= 11 is 0. The molecule has 0 radical (unpaired) electrons. The highest BCUT2D eigenvalue weighted by atomic mass is 16.2. The molecule has 1 aromatic rings. The third-order valence-electron chi connectivity index (χ3n) is 4.56. The molecule has 1 saturated carbocycles. The van der Waals surface area contributed by atoms with Crippen molar-refractivity contribution in [1.29, 1.82) is 0 Å². The van der Waals surface area contributed by atoms with Crippen molar-refractivity contribution in [3.05, 3.63) is 35.4 Å². The van der Waals surface area contributed by atoms with Crippen LogP contribution in [0.15, 0.2) is 24.3 Å². The second kappa shape index (κ2) is 7.60. The molecule has 2 N–H and O–H groups in total. The Morgan fingerprint density at radius 2 is 1.90 bits per heavy atom. The van der Waals surface area contributed by atoms with Crippen LogP contribution in [0, 0.1) is 6.92 Å². The summed E-state index contributed by atoms with van der Waals surface area (Å²) in [4.78, 5) is 12.6. The van der Waals surface area contributed by atoms with Crippen LogP contribution in [0.1, 0.15) is 56.6 Å². The van der Waals surface area contributed by atoms with Crippen LogP contribution in [-0.2, 0) is 11.3 Å². The SMILES string of the molecule is CCCNC(=O)C1(NCc2ccccc2C)CCCCC1. The zero-order valence-electron chi connectivity index (χ0n) is 13.4. The minimum absolute atomic E-state index is 0.192. The predicted octanol–water partition coefficient (Wildman–Crippen LogP) is 3.31. The van der Waals surface area contributed by atoms with Gasteiger partial charge in [0, 0.05) is 13.1 Å². The fourth-order valence-corrected chi connectivity index (χ4v) is 3.12. The lowest BCUT2D eigenvalue weighted by molar-refractivity contribution is -0.129. The van der Waals surface area contributed by atoms with Gasteiger partial charge in [0.15, 0.2) is 0 Å². The van der Waals surface area contributed by atoms with Crippen molar-refractivity contribution in [2.24, 2.45) is 0 Å². The van der Waals surface area contributed by atoms with Crippen molar-refractivity contribution in [3.8, 4) is 0 Å². The van der Waals surface area contributed by atoms with E-state index in [4.69, 9.17) is 0 Å². The molecule has 2 rings (SSSR count). The molecule has 0 aliphatic heterocycles. The van der Waals surface area contributed by atoms with Gasteiger partial charge in [0.05, 0.1) is 5.54 Å². The zero-order valence-corrected chi connectivity index (χ0v) is 13.4. The fraction of sp³-hybridized carbons (Fsp3) is 0.611. The highest BCUT2D eigenvalue weighted by Gasteiger charge is 2.38. The van der Waals surface area contributed by atoms with Gasteiger partial charge in [0.25, 0.3) is 0 Å². The van der Waals surface area contributed by atoms with Crippen molar-refractivity contribution in [2.75, 3.05) is 6.54 Å². The lowest BCUT2D eigenvalue weighted by Crippen LogP contribution is -2.57. The van der Waals surface area contributed by atoms with E-state index in [-0.39, 0.29) is 11.4 Å². The van der Waals surface area contributed by atoms with Gasteiger partial charge in [-0.05, 0) is 37.3 Å². The summed E-state index contributed by atoms with van der Waals surface area (Å²) in [5.41, 5.74) is 2.20. The normalized spacial score (nSPS) is 17.4. The van der Waals surface area contributed by atoms with Crippen molar-refractivity contribution in [1.82, 2.24) is 10.6 Å². The van der Waals surface area contributed by atoms with E-state index in [0.717, 1.165) is 45.2 Å². The fourth-order valence-electron chi connectivity index (χ4n) is 3.12. The molecule has 3 nitrogen and oxygen atoms in total. The third kappa shape index (κ3) is 4.07. The highest BCUT2D eigenvalue weighted by Crippen LogP contribution is 2.29. The monoisotopic (exact) mass is 288 g/mol.